The molecule has 2 heterocycles. The molecule has 1 atom stereocenters. The molecule has 0 bridgehead atoms. The van der Waals surface area contributed by atoms with Gasteiger partial charge in [-0.1, -0.05) is 31.4 Å². The van der Waals surface area contributed by atoms with E-state index in [1.807, 2.05) is 6.92 Å². The summed E-state index contributed by atoms with van der Waals surface area (Å²) in [5.74, 6) is 1.32. The Bertz CT molecular complexity index is 464. The van der Waals surface area contributed by atoms with Crippen LogP contribution in [0.2, 0.25) is 5.15 Å². The van der Waals surface area contributed by atoms with Crippen molar-refractivity contribution in [3.8, 4) is 0 Å². The van der Waals surface area contributed by atoms with E-state index in [0.29, 0.717) is 23.2 Å². The van der Waals surface area contributed by atoms with Crippen LogP contribution in [0.5, 0.6) is 0 Å². The average molecular weight is 282 g/mol. The van der Waals surface area contributed by atoms with E-state index in [2.05, 4.69) is 21.8 Å². The Kier molecular flexibility index (Phi) is 4.75. The van der Waals surface area contributed by atoms with Gasteiger partial charge >= 0.3 is 0 Å². The van der Waals surface area contributed by atoms with E-state index in [9.17, 15) is 4.79 Å². The standard InChI is InChI=1S/C14H20ClN3O/c1-3-11-7-5-4-6-8-18(11)14-12(9-19)13(15)16-10(2)17-14/h9,11H,3-8H2,1-2H3. The van der Waals surface area contributed by atoms with Crippen molar-refractivity contribution >= 4 is 23.7 Å². The largest absolute Gasteiger partial charge is 0.353 e. The predicted octanol–water partition coefficient (Wildman–Crippen LogP) is 3.41. The van der Waals surface area contributed by atoms with Crippen molar-refractivity contribution in [1.29, 1.82) is 0 Å². The number of anilines is 1. The van der Waals surface area contributed by atoms with Crippen LogP contribution >= 0.6 is 11.6 Å². The highest BCUT2D eigenvalue weighted by molar-refractivity contribution is 6.32. The Morgan fingerprint density at radius 2 is 2.16 bits per heavy atom. The van der Waals surface area contributed by atoms with Crippen molar-refractivity contribution in [2.45, 2.75) is 52.0 Å². The number of aromatic nitrogens is 2. The zero-order valence-corrected chi connectivity index (χ0v) is 12.3. The van der Waals surface area contributed by atoms with E-state index in [0.717, 1.165) is 32.1 Å². The van der Waals surface area contributed by atoms with Gasteiger partial charge in [0.05, 0.1) is 5.56 Å². The molecule has 0 radical (unpaired) electrons. The molecule has 1 aliphatic heterocycles. The molecule has 0 saturated carbocycles. The molecule has 1 fully saturated rings. The molecule has 1 aliphatic rings. The molecule has 1 unspecified atom stereocenters. The summed E-state index contributed by atoms with van der Waals surface area (Å²) >= 11 is 6.08. The molecule has 1 aromatic rings. The van der Waals surface area contributed by atoms with Crippen LogP contribution in [-0.2, 0) is 0 Å². The first-order valence-electron chi connectivity index (χ1n) is 6.93. The second-order valence-electron chi connectivity index (χ2n) is 5.02. The number of nitrogens with zero attached hydrogens (tertiary/aromatic N) is 3. The third kappa shape index (κ3) is 3.06. The maximum atomic E-state index is 11.3. The number of hydrogen-bond acceptors (Lipinski definition) is 4. The van der Waals surface area contributed by atoms with Gasteiger partial charge in [-0.15, -0.1) is 0 Å². The molecule has 0 N–H and O–H groups in total. The molecule has 4 nitrogen and oxygen atoms in total. The van der Waals surface area contributed by atoms with Gasteiger partial charge in [0, 0.05) is 12.6 Å². The smallest absolute Gasteiger partial charge is 0.156 e. The lowest BCUT2D eigenvalue weighted by atomic mass is 10.1. The Labute approximate surface area is 119 Å². The van der Waals surface area contributed by atoms with Gasteiger partial charge < -0.3 is 4.90 Å². The van der Waals surface area contributed by atoms with Crippen molar-refractivity contribution in [2.24, 2.45) is 0 Å². The van der Waals surface area contributed by atoms with E-state index in [-0.39, 0.29) is 5.15 Å². The van der Waals surface area contributed by atoms with Crippen molar-refractivity contribution in [3.05, 3.63) is 16.5 Å². The number of aldehydes is 1. The average Bonchev–Trinajstić information content (AvgIpc) is 2.62. The molecule has 0 spiro atoms. The van der Waals surface area contributed by atoms with Crippen LogP contribution in [0.3, 0.4) is 0 Å². The first-order valence-corrected chi connectivity index (χ1v) is 7.31. The van der Waals surface area contributed by atoms with Gasteiger partial charge in [0.15, 0.2) is 6.29 Å². The zero-order valence-electron chi connectivity index (χ0n) is 11.5. The number of halogens is 1. The van der Waals surface area contributed by atoms with Gasteiger partial charge in [-0.3, -0.25) is 4.79 Å². The number of hydrogen-bond donors (Lipinski definition) is 0. The molecule has 0 aromatic carbocycles. The molecule has 2 rings (SSSR count). The van der Waals surface area contributed by atoms with Crippen molar-refractivity contribution in [1.82, 2.24) is 9.97 Å². The molecule has 1 aromatic heterocycles. The monoisotopic (exact) mass is 281 g/mol. The maximum absolute atomic E-state index is 11.3. The van der Waals surface area contributed by atoms with Crippen molar-refractivity contribution in [2.75, 3.05) is 11.4 Å². The second-order valence-corrected chi connectivity index (χ2v) is 5.38. The summed E-state index contributed by atoms with van der Waals surface area (Å²) in [7, 11) is 0. The zero-order chi connectivity index (χ0) is 13.8. The Morgan fingerprint density at radius 3 is 2.84 bits per heavy atom. The summed E-state index contributed by atoms with van der Waals surface area (Å²) in [6.45, 7) is 4.92. The summed E-state index contributed by atoms with van der Waals surface area (Å²) in [6, 6.07) is 0.437. The topological polar surface area (TPSA) is 46.1 Å². The highest BCUT2D eigenvalue weighted by Gasteiger charge is 2.24. The van der Waals surface area contributed by atoms with Gasteiger partial charge in [0.2, 0.25) is 0 Å². The lowest BCUT2D eigenvalue weighted by Crippen LogP contribution is -2.36. The third-order valence-corrected chi connectivity index (χ3v) is 4.02. The molecule has 19 heavy (non-hydrogen) atoms. The van der Waals surface area contributed by atoms with Crippen LogP contribution in [0.25, 0.3) is 0 Å². The number of carbonyl (C=O) groups excluding carboxylic acids is 1. The lowest BCUT2D eigenvalue weighted by Gasteiger charge is -2.31. The fourth-order valence-electron chi connectivity index (χ4n) is 2.73. The van der Waals surface area contributed by atoms with Gasteiger partial charge in [-0.2, -0.15) is 0 Å². The number of aryl methyl sites for hydroxylation is 1. The normalized spacial score (nSPS) is 20.2. The third-order valence-electron chi connectivity index (χ3n) is 3.73. The highest BCUT2D eigenvalue weighted by Crippen LogP contribution is 2.29. The summed E-state index contributed by atoms with van der Waals surface area (Å²) in [5, 5.41) is 0.261. The van der Waals surface area contributed by atoms with Gasteiger partial charge in [0.1, 0.15) is 16.8 Å². The predicted molar refractivity (Wildman–Crippen MR) is 77.1 cm³/mol. The Hall–Kier alpha value is -1.16. The van der Waals surface area contributed by atoms with E-state index < -0.39 is 0 Å². The first kappa shape index (κ1) is 14.3. The second kappa shape index (κ2) is 6.33. The van der Waals surface area contributed by atoms with E-state index in [1.165, 1.54) is 12.8 Å². The van der Waals surface area contributed by atoms with Crippen LogP contribution in [0.15, 0.2) is 0 Å². The van der Waals surface area contributed by atoms with Crippen LogP contribution in [0.4, 0.5) is 5.82 Å². The molecule has 1 saturated heterocycles. The molecule has 104 valence electrons. The minimum Gasteiger partial charge on any atom is -0.353 e. The van der Waals surface area contributed by atoms with Crippen LogP contribution < -0.4 is 4.90 Å². The van der Waals surface area contributed by atoms with Gasteiger partial charge in [0.25, 0.3) is 0 Å². The Morgan fingerprint density at radius 1 is 1.37 bits per heavy atom. The molecular formula is C14H20ClN3O. The highest BCUT2D eigenvalue weighted by atomic mass is 35.5. The summed E-state index contributed by atoms with van der Waals surface area (Å²) in [5.41, 5.74) is 0.424. The van der Waals surface area contributed by atoms with Crippen LogP contribution in [0.1, 0.15) is 55.2 Å². The molecule has 0 aliphatic carbocycles. The summed E-state index contributed by atoms with van der Waals surface area (Å²) in [4.78, 5) is 22.1. The van der Waals surface area contributed by atoms with E-state index >= 15 is 0 Å². The van der Waals surface area contributed by atoms with E-state index in [1.54, 1.807) is 0 Å². The molecular weight excluding hydrogens is 262 g/mol. The minimum atomic E-state index is 0.261. The minimum absolute atomic E-state index is 0.261. The summed E-state index contributed by atoms with van der Waals surface area (Å²) < 4.78 is 0. The van der Waals surface area contributed by atoms with Gasteiger partial charge in [-0.05, 0) is 26.2 Å². The summed E-state index contributed by atoms with van der Waals surface area (Å²) in [6.07, 6.45) is 6.59. The van der Waals surface area contributed by atoms with Crippen LogP contribution in [0, 0.1) is 6.92 Å². The fraction of sp³-hybridized carbons (Fsp3) is 0.643. The number of rotatable bonds is 3. The first-order chi connectivity index (χ1) is 9.17. The fourth-order valence-corrected chi connectivity index (χ4v) is 2.99. The van der Waals surface area contributed by atoms with Gasteiger partial charge in [-0.25, -0.2) is 9.97 Å². The maximum Gasteiger partial charge on any atom is 0.156 e. The molecule has 0 amide bonds. The SMILES string of the molecule is CCC1CCCCCN1c1nc(C)nc(Cl)c1C=O. The molecule has 5 heteroatoms. The number of carbonyl (C=O) groups is 1. The van der Waals surface area contributed by atoms with Crippen molar-refractivity contribution < 1.29 is 4.79 Å². The Balaban J connectivity index is 2.45. The van der Waals surface area contributed by atoms with Crippen molar-refractivity contribution in [3.63, 3.8) is 0 Å². The van der Waals surface area contributed by atoms with Crippen LogP contribution in [-0.4, -0.2) is 28.8 Å². The lowest BCUT2D eigenvalue weighted by molar-refractivity contribution is 0.112. The quantitative estimate of drug-likeness (QED) is 0.629. The van der Waals surface area contributed by atoms with E-state index in [4.69, 9.17) is 11.6 Å².